The van der Waals surface area contributed by atoms with Crippen molar-refractivity contribution in [3.8, 4) is 0 Å². The standard InChI is InChI=1S/C7H10O4/c1-3-2-4(8)6(10)7(11)5(3)9/h2,4,6-8,10-11H,1H3/t4-,6-,7-/m1/s1/i1+1,2+1,5+1. The van der Waals surface area contributed by atoms with Crippen molar-refractivity contribution in [1.82, 2.24) is 0 Å². The fourth-order valence-corrected chi connectivity index (χ4v) is 1.01. The van der Waals surface area contributed by atoms with E-state index in [1.165, 1.54) is 13.0 Å². The van der Waals surface area contributed by atoms with Crippen LogP contribution in [0.15, 0.2) is 11.6 Å². The van der Waals surface area contributed by atoms with Crippen LogP contribution >= 0.6 is 0 Å². The summed E-state index contributed by atoms with van der Waals surface area (Å²) in [4.78, 5) is 10.9. The predicted octanol–water partition coefficient (Wildman–Crippen LogP) is -1.40. The van der Waals surface area contributed by atoms with Gasteiger partial charge >= 0.3 is 0 Å². The number of carbonyl (C=O) groups is 1. The van der Waals surface area contributed by atoms with Crippen LogP contribution in [-0.4, -0.2) is 39.4 Å². The van der Waals surface area contributed by atoms with Crippen LogP contribution in [0.25, 0.3) is 0 Å². The van der Waals surface area contributed by atoms with Gasteiger partial charge in [0.25, 0.3) is 0 Å². The second kappa shape index (κ2) is 2.73. The number of hydrogen-bond acceptors (Lipinski definition) is 4. The van der Waals surface area contributed by atoms with Crippen molar-refractivity contribution in [1.29, 1.82) is 0 Å². The Bertz CT molecular complexity index is 208. The fourth-order valence-electron chi connectivity index (χ4n) is 1.01. The molecule has 3 N–H and O–H groups in total. The van der Waals surface area contributed by atoms with Gasteiger partial charge in [0.1, 0.15) is 18.3 Å². The molecule has 0 unspecified atom stereocenters. The molecule has 11 heavy (non-hydrogen) atoms. The molecule has 0 saturated heterocycles. The Balaban J connectivity index is 2.92. The first-order valence-electron chi connectivity index (χ1n) is 3.31. The van der Waals surface area contributed by atoms with Gasteiger partial charge in [-0.2, -0.15) is 0 Å². The average Bonchev–Trinajstić information content (AvgIpc) is 1.97. The van der Waals surface area contributed by atoms with E-state index in [4.69, 9.17) is 15.3 Å². The zero-order valence-corrected chi connectivity index (χ0v) is 6.06. The maximum Gasteiger partial charge on any atom is 0.189 e. The Morgan fingerprint density at radius 2 is 1.91 bits per heavy atom. The molecule has 0 aliphatic heterocycles. The molecule has 3 atom stereocenters. The minimum absolute atomic E-state index is 0.287. The van der Waals surface area contributed by atoms with Gasteiger partial charge in [-0.15, -0.1) is 0 Å². The van der Waals surface area contributed by atoms with Gasteiger partial charge in [0, 0.05) is 0 Å². The molecule has 4 heteroatoms. The second-order valence-corrected chi connectivity index (χ2v) is 2.64. The van der Waals surface area contributed by atoms with Gasteiger partial charge in [-0.05, 0) is 18.6 Å². The van der Waals surface area contributed by atoms with Gasteiger partial charge in [0.2, 0.25) is 0 Å². The van der Waals surface area contributed by atoms with E-state index in [1.807, 2.05) is 0 Å². The molecule has 0 aromatic rings. The quantitative estimate of drug-likeness (QED) is 0.382. The highest BCUT2D eigenvalue weighted by Gasteiger charge is 2.34. The third-order valence-electron chi connectivity index (χ3n) is 1.75. The molecule has 0 radical (unpaired) electrons. The number of ketones is 1. The van der Waals surface area contributed by atoms with Crippen molar-refractivity contribution in [2.75, 3.05) is 0 Å². The Morgan fingerprint density at radius 1 is 1.36 bits per heavy atom. The van der Waals surface area contributed by atoms with Crippen LogP contribution in [0.4, 0.5) is 0 Å². The van der Waals surface area contributed by atoms with Crippen LogP contribution in [0.2, 0.25) is 0 Å². The van der Waals surface area contributed by atoms with Gasteiger partial charge in [0.05, 0.1) is 0 Å². The Hall–Kier alpha value is -0.710. The number of hydrogen-bond donors (Lipinski definition) is 3. The summed E-state index contributed by atoms with van der Waals surface area (Å²) in [7, 11) is 0. The van der Waals surface area contributed by atoms with Crippen molar-refractivity contribution < 1.29 is 20.1 Å². The normalized spacial score (nSPS) is 38.7. The molecule has 0 heterocycles. The van der Waals surface area contributed by atoms with Gasteiger partial charge in [0.15, 0.2) is 5.78 Å². The van der Waals surface area contributed by atoms with Gasteiger partial charge in [-0.1, -0.05) is 0 Å². The van der Waals surface area contributed by atoms with E-state index in [0.29, 0.717) is 0 Å². The summed E-state index contributed by atoms with van der Waals surface area (Å²) in [5.41, 5.74) is 0.287. The van der Waals surface area contributed by atoms with Crippen molar-refractivity contribution >= 4 is 5.78 Å². The van der Waals surface area contributed by atoms with E-state index >= 15 is 0 Å². The third kappa shape index (κ3) is 1.33. The Labute approximate surface area is 63.8 Å². The first-order chi connectivity index (χ1) is 5.04. The highest BCUT2D eigenvalue weighted by Crippen LogP contribution is 2.15. The summed E-state index contributed by atoms with van der Waals surface area (Å²) in [6, 6.07) is 0. The molecule has 62 valence electrons. The van der Waals surface area contributed by atoms with Crippen LogP contribution in [0.3, 0.4) is 0 Å². The minimum Gasteiger partial charge on any atom is -0.387 e. The van der Waals surface area contributed by atoms with Gasteiger partial charge in [-0.3, -0.25) is 4.79 Å². The molecule has 0 fully saturated rings. The lowest BCUT2D eigenvalue weighted by molar-refractivity contribution is -0.134. The van der Waals surface area contributed by atoms with Crippen molar-refractivity contribution in [2.45, 2.75) is 25.2 Å². The molecular weight excluding hydrogens is 151 g/mol. The SMILES string of the molecule is [13CH3]C1=[13CH][C@@H](O)[C@@H](O)[C@H](O)[13C]1=O. The predicted molar refractivity (Wildman–Crippen MR) is 36.8 cm³/mol. The number of Topliss-reactive ketones (excluding diaryl/α,β-unsaturated/α-hetero) is 1. The highest BCUT2D eigenvalue weighted by molar-refractivity contribution is 5.99. The molecule has 0 bridgehead atoms. The first kappa shape index (κ1) is 8.39. The molecule has 0 saturated carbocycles. The van der Waals surface area contributed by atoms with Crippen molar-refractivity contribution in [2.24, 2.45) is 0 Å². The first-order valence-corrected chi connectivity index (χ1v) is 3.31. The van der Waals surface area contributed by atoms with Gasteiger partial charge in [-0.25, -0.2) is 0 Å². The molecule has 4 nitrogen and oxygen atoms in total. The van der Waals surface area contributed by atoms with Crippen LogP contribution in [0, 0.1) is 0 Å². The Kier molecular flexibility index (Phi) is 2.08. The van der Waals surface area contributed by atoms with Crippen LogP contribution in [-0.2, 0) is 4.79 Å². The highest BCUT2D eigenvalue weighted by atomic mass is 16.4. The molecule has 0 aromatic heterocycles. The molecule has 1 aliphatic carbocycles. The van der Waals surface area contributed by atoms with E-state index in [9.17, 15) is 4.79 Å². The van der Waals surface area contributed by atoms with Gasteiger partial charge < -0.3 is 15.3 Å². The van der Waals surface area contributed by atoms with Crippen molar-refractivity contribution in [3.63, 3.8) is 0 Å². The summed E-state index contributed by atoms with van der Waals surface area (Å²) in [5.74, 6) is -0.525. The fraction of sp³-hybridized carbons (Fsp3) is 0.571. The van der Waals surface area contributed by atoms with E-state index in [1.54, 1.807) is 0 Å². The monoisotopic (exact) mass is 161 g/mol. The number of carbonyl (C=O) groups excluding carboxylic acids is 1. The smallest absolute Gasteiger partial charge is 0.189 e. The lowest BCUT2D eigenvalue weighted by Crippen LogP contribution is -2.45. The third-order valence-corrected chi connectivity index (χ3v) is 1.75. The molecular formula is C7H10O4. The molecule has 0 spiro atoms. The second-order valence-electron chi connectivity index (χ2n) is 2.64. The van der Waals surface area contributed by atoms with E-state index in [-0.39, 0.29) is 5.57 Å². The van der Waals surface area contributed by atoms with E-state index in [0.717, 1.165) is 0 Å². The average molecular weight is 161 g/mol. The summed E-state index contributed by atoms with van der Waals surface area (Å²) in [5, 5.41) is 27.0. The topological polar surface area (TPSA) is 77.8 Å². The van der Waals surface area contributed by atoms with Crippen LogP contribution in [0.5, 0.6) is 0 Å². The van der Waals surface area contributed by atoms with E-state index < -0.39 is 24.1 Å². The van der Waals surface area contributed by atoms with Crippen LogP contribution < -0.4 is 0 Å². The summed E-state index contributed by atoms with van der Waals surface area (Å²) >= 11 is 0. The lowest BCUT2D eigenvalue weighted by Gasteiger charge is -2.24. The lowest BCUT2D eigenvalue weighted by atomic mass is 10.1. The van der Waals surface area contributed by atoms with E-state index in [2.05, 4.69) is 0 Å². The minimum atomic E-state index is -1.48. The summed E-state index contributed by atoms with van der Waals surface area (Å²) < 4.78 is 0. The number of aliphatic hydroxyl groups excluding tert-OH is 3. The molecule has 1 aliphatic rings. The molecule has 0 amide bonds. The zero-order valence-electron chi connectivity index (χ0n) is 6.06. The maximum absolute atomic E-state index is 10.9. The maximum atomic E-state index is 10.9. The number of aliphatic hydroxyl groups is 3. The number of rotatable bonds is 0. The summed E-state index contributed by atoms with van der Waals surface area (Å²) in [6.45, 7) is 1.49. The zero-order chi connectivity index (χ0) is 8.59. The molecule has 0 aromatic carbocycles. The largest absolute Gasteiger partial charge is 0.387 e. The Morgan fingerprint density at radius 3 is 2.45 bits per heavy atom. The van der Waals surface area contributed by atoms with Crippen LogP contribution in [0.1, 0.15) is 6.92 Å². The molecule has 1 rings (SSSR count). The van der Waals surface area contributed by atoms with Crippen molar-refractivity contribution in [3.05, 3.63) is 11.6 Å². The summed E-state index contributed by atoms with van der Waals surface area (Å²) in [6.07, 6.45) is -2.76.